The smallest absolute Gasteiger partial charge is 0.0541 e. The number of hydrogen-bond donors (Lipinski definition) is 0. The van der Waals surface area contributed by atoms with E-state index < -0.39 is 0 Å². The van der Waals surface area contributed by atoms with Crippen LogP contribution in [0.15, 0.2) is 164 Å². The van der Waals surface area contributed by atoms with Crippen molar-refractivity contribution >= 4 is 53.3 Å². The first-order valence-corrected chi connectivity index (χ1v) is 15.8. The van der Waals surface area contributed by atoms with Gasteiger partial charge in [0.15, 0.2) is 0 Å². The first-order valence-electron chi connectivity index (χ1n) is 15.0. The van der Waals surface area contributed by atoms with E-state index in [-0.39, 0.29) is 0 Å². The highest BCUT2D eigenvalue weighted by atomic mass is 32.1. The van der Waals surface area contributed by atoms with E-state index in [2.05, 4.69) is 168 Å². The minimum atomic E-state index is 1.18. The average molecular weight is 578 g/mol. The van der Waals surface area contributed by atoms with E-state index >= 15 is 0 Å². The van der Waals surface area contributed by atoms with Crippen LogP contribution in [0.3, 0.4) is 0 Å². The lowest BCUT2D eigenvalue weighted by Crippen LogP contribution is -1.97. The first kappa shape index (κ1) is 25.1. The summed E-state index contributed by atoms with van der Waals surface area (Å²) in [5.74, 6) is 0. The second-order valence-corrected chi connectivity index (χ2v) is 12.4. The Hall–Kier alpha value is -5.44. The molecule has 206 valence electrons. The quantitative estimate of drug-likeness (QED) is 0.196. The Balaban J connectivity index is 1.24. The van der Waals surface area contributed by atoms with Gasteiger partial charge in [0.2, 0.25) is 0 Å². The fourth-order valence-electron chi connectivity index (χ4n) is 6.78. The van der Waals surface area contributed by atoms with Gasteiger partial charge in [-0.2, -0.15) is 0 Å². The number of thiophene rings is 1. The molecule has 2 heteroatoms. The molecule has 0 fully saturated rings. The topological polar surface area (TPSA) is 4.93 Å². The van der Waals surface area contributed by atoms with Crippen molar-refractivity contribution in [1.29, 1.82) is 0 Å². The molecule has 0 atom stereocenters. The molecule has 0 bridgehead atoms. The van der Waals surface area contributed by atoms with Crippen LogP contribution in [0, 0.1) is 0 Å². The van der Waals surface area contributed by atoms with E-state index in [1.807, 2.05) is 11.3 Å². The molecule has 9 rings (SSSR count). The first-order chi connectivity index (χ1) is 21.8. The van der Waals surface area contributed by atoms with E-state index in [9.17, 15) is 0 Å². The fraction of sp³-hybridized carbons (Fsp3) is 0. The highest BCUT2D eigenvalue weighted by molar-refractivity contribution is 7.26. The second kappa shape index (κ2) is 10.1. The molecule has 2 heterocycles. The van der Waals surface area contributed by atoms with Crippen LogP contribution in [0.4, 0.5) is 0 Å². The van der Waals surface area contributed by atoms with Crippen molar-refractivity contribution in [1.82, 2.24) is 4.57 Å². The Bertz CT molecular complexity index is 2500. The van der Waals surface area contributed by atoms with Crippen molar-refractivity contribution in [2.45, 2.75) is 0 Å². The number of nitrogens with zero attached hydrogens (tertiary/aromatic N) is 1. The van der Waals surface area contributed by atoms with Crippen LogP contribution in [0.25, 0.3) is 81.0 Å². The minimum Gasteiger partial charge on any atom is -0.309 e. The predicted molar refractivity (Wildman–Crippen MR) is 190 cm³/mol. The molecule has 0 amide bonds. The van der Waals surface area contributed by atoms with Gasteiger partial charge in [0, 0.05) is 36.5 Å². The molecule has 7 aromatic carbocycles. The number of rotatable bonds is 4. The maximum atomic E-state index is 2.44. The van der Waals surface area contributed by atoms with Crippen molar-refractivity contribution in [3.8, 4) is 39.1 Å². The SMILES string of the molecule is c1ccc(-c2ccc3c(c2)c2ccccc2n3-c2ccccc2-c2cccc(-c3cccc4c3sc3ccccc34)c2)cc1. The third-order valence-corrected chi connectivity index (χ3v) is 10.0. The van der Waals surface area contributed by atoms with Gasteiger partial charge in [0.25, 0.3) is 0 Å². The van der Waals surface area contributed by atoms with Crippen LogP contribution in [0.1, 0.15) is 0 Å². The van der Waals surface area contributed by atoms with Crippen LogP contribution in [-0.2, 0) is 0 Å². The number of hydrogen-bond acceptors (Lipinski definition) is 1. The highest BCUT2D eigenvalue weighted by Crippen LogP contribution is 2.42. The third kappa shape index (κ3) is 3.92. The molecule has 0 unspecified atom stereocenters. The van der Waals surface area contributed by atoms with Crippen molar-refractivity contribution in [3.05, 3.63) is 164 Å². The molecule has 0 spiro atoms. The summed E-state index contributed by atoms with van der Waals surface area (Å²) in [5, 5.41) is 5.19. The average Bonchev–Trinajstić information content (AvgIpc) is 3.64. The number of fused-ring (bicyclic) bond motifs is 6. The van der Waals surface area contributed by atoms with Crippen LogP contribution < -0.4 is 0 Å². The maximum Gasteiger partial charge on any atom is 0.0541 e. The Morgan fingerprint density at radius 1 is 0.364 bits per heavy atom. The third-order valence-electron chi connectivity index (χ3n) is 8.81. The van der Waals surface area contributed by atoms with E-state index in [0.29, 0.717) is 0 Å². The minimum absolute atomic E-state index is 1.18. The molecule has 0 N–H and O–H groups in total. The fourth-order valence-corrected chi connectivity index (χ4v) is 8.02. The van der Waals surface area contributed by atoms with Gasteiger partial charge in [0.1, 0.15) is 0 Å². The van der Waals surface area contributed by atoms with Crippen molar-refractivity contribution < 1.29 is 0 Å². The van der Waals surface area contributed by atoms with E-state index in [1.54, 1.807) is 0 Å². The van der Waals surface area contributed by atoms with Crippen molar-refractivity contribution in [2.24, 2.45) is 0 Å². The monoisotopic (exact) mass is 577 g/mol. The Morgan fingerprint density at radius 3 is 1.91 bits per heavy atom. The summed E-state index contributed by atoms with van der Waals surface area (Å²) in [4.78, 5) is 0. The normalized spacial score (nSPS) is 11.6. The maximum absolute atomic E-state index is 2.44. The van der Waals surface area contributed by atoms with Gasteiger partial charge in [-0.15, -0.1) is 11.3 Å². The van der Waals surface area contributed by atoms with Gasteiger partial charge in [-0.1, -0.05) is 127 Å². The van der Waals surface area contributed by atoms with Gasteiger partial charge in [-0.25, -0.2) is 0 Å². The van der Waals surface area contributed by atoms with Crippen LogP contribution in [0.2, 0.25) is 0 Å². The summed E-state index contributed by atoms with van der Waals surface area (Å²) >= 11 is 1.88. The standard InChI is InChI=1S/C42H27NS/c1-2-12-28(13-3-1)29-24-25-40-37(27-29)34-17-5-8-22-39(34)43(40)38-21-7-4-16-32(38)30-14-10-15-31(26-30)33-19-11-20-36-35-18-6-9-23-41(35)44-42(33)36/h1-27H. The largest absolute Gasteiger partial charge is 0.309 e. The summed E-state index contributed by atoms with van der Waals surface area (Å²) < 4.78 is 5.11. The summed E-state index contributed by atoms with van der Waals surface area (Å²) in [6.07, 6.45) is 0. The molecule has 0 radical (unpaired) electrons. The van der Waals surface area contributed by atoms with Gasteiger partial charge in [-0.3, -0.25) is 0 Å². The summed E-state index contributed by atoms with van der Waals surface area (Å²) in [5.41, 5.74) is 11.0. The lowest BCUT2D eigenvalue weighted by atomic mass is 9.97. The number of benzene rings is 7. The van der Waals surface area contributed by atoms with Crippen LogP contribution >= 0.6 is 11.3 Å². The van der Waals surface area contributed by atoms with Gasteiger partial charge < -0.3 is 4.57 Å². The molecule has 44 heavy (non-hydrogen) atoms. The molecule has 0 aliphatic heterocycles. The second-order valence-electron chi connectivity index (χ2n) is 11.3. The molecule has 0 saturated heterocycles. The Kier molecular flexibility index (Phi) is 5.75. The van der Waals surface area contributed by atoms with Gasteiger partial charge in [-0.05, 0) is 64.2 Å². The molecule has 0 saturated carbocycles. The van der Waals surface area contributed by atoms with E-state index in [0.717, 1.165) is 0 Å². The number of para-hydroxylation sites is 2. The zero-order valence-electron chi connectivity index (χ0n) is 23.9. The summed E-state index contributed by atoms with van der Waals surface area (Å²) in [7, 11) is 0. The molecule has 9 aromatic rings. The molecule has 2 aromatic heterocycles. The summed E-state index contributed by atoms with van der Waals surface area (Å²) in [6, 6.07) is 59.6. The molecular weight excluding hydrogens is 551 g/mol. The van der Waals surface area contributed by atoms with Gasteiger partial charge >= 0.3 is 0 Å². The lowest BCUT2D eigenvalue weighted by Gasteiger charge is -2.15. The lowest BCUT2D eigenvalue weighted by molar-refractivity contribution is 1.18. The zero-order valence-corrected chi connectivity index (χ0v) is 24.8. The Morgan fingerprint density at radius 2 is 1.00 bits per heavy atom. The van der Waals surface area contributed by atoms with Crippen LogP contribution in [-0.4, -0.2) is 4.57 Å². The highest BCUT2D eigenvalue weighted by Gasteiger charge is 2.17. The van der Waals surface area contributed by atoms with Crippen LogP contribution in [0.5, 0.6) is 0 Å². The molecular formula is C42H27NS. The van der Waals surface area contributed by atoms with E-state index in [1.165, 1.54) is 81.0 Å². The van der Waals surface area contributed by atoms with E-state index in [4.69, 9.17) is 0 Å². The molecule has 1 nitrogen and oxygen atoms in total. The van der Waals surface area contributed by atoms with Crippen molar-refractivity contribution in [3.63, 3.8) is 0 Å². The predicted octanol–water partition coefficient (Wildman–Crippen LogP) is 12.2. The Labute approximate surface area is 259 Å². The summed E-state index contributed by atoms with van der Waals surface area (Å²) in [6.45, 7) is 0. The zero-order chi connectivity index (χ0) is 29.0. The molecule has 0 aliphatic rings. The van der Waals surface area contributed by atoms with Gasteiger partial charge in [0.05, 0.1) is 16.7 Å². The number of aromatic nitrogens is 1. The van der Waals surface area contributed by atoms with Crippen molar-refractivity contribution in [2.75, 3.05) is 0 Å². The molecule has 0 aliphatic carbocycles.